The van der Waals surface area contributed by atoms with Gasteiger partial charge in [-0.2, -0.15) is 0 Å². The SMILES string of the molecule is COc1cccc(N2c3ccc(-c4ccc5c(c4)C(c4ccccc4)(c4ccccc4)c4cc(-c6ccc7c(c6)C6(C)CCCCC6(C)N7c6cccc(OC)c6)ccc4-5)cc3C3(C)CCCCC23C)c1. The molecule has 0 amide bonds. The van der Waals surface area contributed by atoms with E-state index in [2.05, 4.69) is 219 Å². The molecule has 0 radical (unpaired) electrons. The molecule has 0 aromatic heterocycles. The van der Waals surface area contributed by atoms with Gasteiger partial charge in [0.15, 0.2) is 0 Å². The van der Waals surface area contributed by atoms with Crippen LogP contribution in [0.3, 0.4) is 0 Å². The lowest BCUT2D eigenvalue weighted by atomic mass is 9.61. The van der Waals surface area contributed by atoms with E-state index >= 15 is 0 Å². The summed E-state index contributed by atoms with van der Waals surface area (Å²) in [4.78, 5) is 5.29. The highest BCUT2D eigenvalue weighted by atomic mass is 16.5. The first-order valence-electron chi connectivity index (χ1n) is 26.1. The fourth-order valence-corrected chi connectivity index (χ4v) is 15.0. The molecule has 4 nitrogen and oxygen atoms in total. The Hall–Kier alpha value is -7.04. The van der Waals surface area contributed by atoms with Gasteiger partial charge in [-0.15, -0.1) is 0 Å². The molecule has 2 fully saturated rings. The van der Waals surface area contributed by atoms with Crippen LogP contribution in [0.2, 0.25) is 0 Å². The van der Waals surface area contributed by atoms with Crippen LogP contribution in [0.4, 0.5) is 22.7 Å². The summed E-state index contributed by atoms with van der Waals surface area (Å²) in [5.74, 6) is 1.79. The monoisotopic (exact) mass is 928 g/mol. The molecule has 0 N–H and O–H groups in total. The van der Waals surface area contributed by atoms with Gasteiger partial charge in [0.25, 0.3) is 0 Å². The molecule has 13 rings (SSSR count). The highest BCUT2D eigenvalue weighted by Crippen LogP contribution is 2.64. The van der Waals surface area contributed by atoms with E-state index in [1.807, 2.05) is 0 Å². The first-order chi connectivity index (χ1) is 34.6. The molecule has 3 aliphatic carbocycles. The molecule has 4 unspecified atom stereocenters. The van der Waals surface area contributed by atoms with E-state index in [1.54, 1.807) is 14.2 Å². The molecule has 0 spiro atoms. The van der Waals surface area contributed by atoms with Crippen molar-refractivity contribution in [2.75, 3.05) is 24.0 Å². The quantitative estimate of drug-likeness (QED) is 0.152. The Morgan fingerprint density at radius 1 is 0.366 bits per heavy atom. The van der Waals surface area contributed by atoms with Crippen molar-refractivity contribution in [2.45, 2.75) is 106 Å². The van der Waals surface area contributed by atoms with Crippen LogP contribution in [0.25, 0.3) is 33.4 Å². The molecule has 354 valence electrons. The van der Waals surface area contributed by atoms with Gasteiger partial charge in [-0.3, -0.25) is 0 Å². The second-order valence-corrected chi connectivity index (χ2v) is 22.2. The zero-order chi connectivity index (χ0) is 48.3. The summed E-state index contributed by atoms with van der Waals surface area (Å²) in [5, 5.41) is 0. The summed E-state index contributed by atoms with van der Waals surface area (Å²) in [6.07, 6.45) is 9.56. The molecular weight excluding hydrogens is 865 g/mol. The molecule has 4 heteroatoms. The van der Waals surface area contributed by atoms with Crippen LogP contribution in [0.5, 0.6) is 11.5 Å². The van der Waals surface area contributed by atoms with Gasteiger partial charge in [0.1, 0.15) is 11.5 Å². The van der Waals surface area contributed by atoms with Gasteiger partial charge in [-0.05, 0) is 167 Å². The summed E-state index contributed by atoms with van der Waals surface area (Å²) in [5.41, 5.74) is 20.1. The fraction of sp³-hybridized carbons (Fsp3) is 0.284. The van der Waals surface area contributed by atoms with E-state index in [1.165, 1.54) is 115 Å². The van der Waals surface area contributed by atoms with Crippen molar-refractivity contribution >= 4 is 22.7 Å². The Morgan fingerprint density at radius 3 is 1.15 bits per heavy atom. The first kappa shape index (κ1) is 43.9. The summed E-state index contributed by atoms with van der Waals surface area (Å²) >= 11 is 0. The number of ether oxygens (including phenoxy) is 2. The second kappa shape index (κ2) is 16.0. The molecule has 8 aromatic carbocycles. The van der Waals surface area contributed by atoms with E-state index in [-0.39, 0.29) is 21.9 Å². The van der Waals surface area contributed by atoms with E-state index < -0.39 is 5.41 Å². The van der Waals surface area contributed by atoms with E-state index in [0.29, 0.717) is 0 Å². The molecule has 0 bridgehead atoms. The third-order valence-corrected chi connectivity index (χ3v) is 19.0. The molecule has 8 aromatic rings. The van der Waals surface area contributed by atoms with Crippen molar-refractivity contribution in [3.63, 3.8) is 0 Å². The van der Waals surface area contributed by atoms with Crippen molar-refractivity contribution in [1.82, 2.24) is 0 Å². The number of anilines is 4. The third kappa shape index (κ3) is 6.03. The van der Waals surface area contributed by atoms with Crippen LogP contribution in [0.1, 0.15) is 112 Å². The molecular formula is C67H64N2O2. The highest BCUT2D eigenvalue weighted by molar-refractivity contribution is 5.91. The van der Waals surface area contributed by atoms with Crippen LogP contribution in [0.15, 0.2) is 182 Å². The normalized spacial score (nSPS) is 24.3. The summed E-state index contributed by atoms with van der Waals surface area (Å²) in [6.45, 7) is 10.1. The van der Waals surface area contributed by atoms with Crippen LogP contribution < -0.4 is 19.3 Å². The molecule has 2 heterocycles. The maximum absolute atomic E-state index is 5.78. The molecule has 4 atom stereocenters. The maximum atomic E-state index is 5.78. The number of nitrogens with zero attached hydrogens (tertiary/aromatic N) is 2. The van der Waals surface area contributed by atoms with Crippen molar-refractivity contribution in [3.8, 4) is 44.9 Å². The maximum Gasteiger partial charge on any atom is 0.120 e. The van der Waals surface area contributed by atoms with E-state index in [4.69, 9.17) is 9.47 Å². The number of hydrogen-bond acceptors (Lipinski definition) is 4. The van der Waals surface area contributed by atoms with Crippen LogP contribution >= 0.6 is 0 Å². The predicted molar refractivity (Wildman–Crippen MR) is 293 cm³/mol. The Balaban J connectivity index is 0.974. The smallest absolute Gasteiger partial charge is 0.120 e. The van der Waals surface area contributed by atoms with Gasteiger partial charge in [0, 0.05) is 45.7 Å². The summed E-state index contributed by atoms with van der Waals surface area (Å²) in [6, 6.07) is 69.3. The Bertz CT molecular complexity index is 3170. The van der Waals surface area contributed by atoms with Crippen molar-refractivity contribution < 1.29 is 9.47 Å². The summed E-state index contributed by atoms with van der Waals surface area (Å²) in [7, 11) is 3.54. The van der Waals surface area contributed by atoms with Gasteiger partial charge >= 0.3 is 0 Å². The molecule has 2 saturated carbocycles. The van der Waals surface area contributed by atoms with Gasteiger partial charge in [-0.1, -0.05) is 149 Å². The van der Waals surface area contributed by atoms with Gasteiger partial charge < -0.3 is 19.3 Å². The lowest BCUT2D eigenvalue weighted by molar-refractivity contribution is 0.195. The minimum Gasteiger partial charge on any atom is -0.497 e. The number of benzene rings is 8. The largest absolute Gasteiger partial charge is 0.497 e. The van der Waals surface area contributed by atoms with Crippen molar-refractivity contribution in [3.05, 3.63) is 215 Å². The number of methoxy groups -OCH3 is 2. The molecule has 5 aliphatic rings. The number of fused-ring (bicyclic) bond motifs is 9. The Labute approximate surface area is 420 Å². The van der Waals surface area contributed by atoms with E-state index in [9.17, 15) is 0 Å². The Morgan fingerprint density at radius 2 is 0.746 bits per heavy atom. The topological polar surface area (TPSA) is 24.9 Å². The van der Waals surface area contributed by atoms with Gasteiger partial charge in [0.05, 0.1) is 30.7 Å². The minimum atomic E-state index is -0.555. The minimum absolute atomic E-state index is 0.0150. The second-order valence-electron chi connectivity index (χ2n) is 22.2. The van der Waals surface area contributed by atoms with Crippen LogP contribution in [-0.4, -0.2) is 25.3 Å². The average Bonchev–Trinajstić information content (AvgIpc) is 3.91. The zero-order valence-corrected chi connectivity index (χ0v) is 42.2. The standard InChI is InChI=1S/C67H64N2O2/c1-63-35-13-15-37-65(63,3)68(51-23-17-25-53(43-51)70-5)61-33-29-47(41-59(61)63)45-27-31-55-56-32-28-46(40-58(56)67(57(55)39-45,49-19-9-7-10-20-49)50-21-11-8-12-22-50)48-30-34-62-60(42-48)64(2)36-14-16-38-66(64,4)69(62)52-24-18-26-54(44-52)71-6/h7-12,17-34,39-44H,13-16,35-38H2,1-6H3. The zero-order valence-electron chi connectivity index (χ0n) is 42.2. The number of hydrogen-bond donors (Lipinski definition) is 0. The van der Waals surface area contributed by atoms with Crippen LogP contribution in [-0.2, 0) is 16.2 Å². The molecule has 2 aliphatic heterocycles. The fourth-order valence-electron chi connectivity index (χ4n) is 15.0. The third-order valence-electron chi connectivity index (χ3n) is 19.0. The van der Waals surface area contributed by atoms with Crippen molar-refractivity contribution in [1.29, 1.82) is 0 Å². The summed E-state index contributed by atoms with van der Waals surface area (Å²) < 4.78 is 11.6. The predicted octanol–water partition coefficient (Wildman–Crippen LogP) is 16.9. The van der Waals surface area contributed by atoms with E-state index in [0.717, 1.165) is 37.2 Å². The lowest BCUT2D eigenvalue weighted by Crippen LogP contribution is -2.54. The van der Waals surface area contributed by atoms with Gasteiger partial charge in [0.2, 0.25) is 0 Å². The average molecular weight is 929 g/mol. The highest BCUT2D eigenvalue weighted by Gasteiger charge is 2.59. The molecule has 0 saturated heterocycles. The van der Waals surface area contributed by atoms with Crippen molar-refractivity contribution in [2.24, 2.45) is 0 Å². The molecule has 71 heavy (non-hydrogen) atoms. The Kier molecular flexibility index (Phi) is 9.89. The van der Waals surface area contributed by atoms with Crippen LogP contribution in [0, 0.1) is 0 Å². The first-order valence-corrected chi connectivity index (χ1v) is 26.1. The lowest BCUT2D eigenvalue weighted by Gasteiger charge is -2.50. The van der Waals surface area contributed by atoms with Gasteiger partial charge in [-0.25, -0.2) is 0 Å². The number of rotatable bonds is 8.